The lowest BCUT2D eigenvalue weighted by molar-refractivity contribution is -0.110. The molecule has 0 fully saturated rings. The van der Waals surface area contributed by atoms with Crippen LogP contribution >= 0.6 is 0 Å². The summed E-state index contributed by atoms with van der Waals surface area (Å²) in [6, 6.07) is 21.6. The number of para-hydroxylation sites is 1. The minimum Gasteiger partial charge on any atom is -0.493 e. The molecule has 0 unspecified atom stereocenters. The summed E-state index contributed by atoms with van der Waals surface area (Å²) in [4.78, 5) is 12.3. The Labute approximate surface area is 164 Å². The lowest BCUT2D eigenvalue weighted by atomic mass is 10.0. The smallest absolute Gasteiger partial charge is 0.256 e. The maximum Gasteiger partial charge on any atom is 0.256 e. The van der Waals surface area contributed by atoms with E-state index in [0.29, 0.717) is 23.7 Å². The molecule has 4 heteroatoms. The molecule has 0 aromatic heterocycles. The van der Waals surface area contributed by atoms with Crippen molar-refractivity contribution in [2.45, 2.75) is 13.5 Å². The molecule has 0 spiro atoms. The van der Waals surface area contributed by atoms with E-state index in [1.165, 1.54) is 5.56 Å². The third-order valence-electron chi connectivity index (χ3n) is 4.69. The normalized spacial score (nSPS) is 13.9. The molecule has 1 aliphatic heterocycles. The van der Waals surface area contributed by atoms with Gasteiger partial charge in [0.05, 0.1) is 7.11 Å². The number of benzene rings is 3. The van der Waals surface area contributed by atoms with Crippen LogP contribution < -0.4 is 14.8 Å². The third-order valence-corrected chi connectivity index (χ3v) is 4.69. The summed E-state index contributed by atoms with van der Waals surface area (Å²) in [5.41, 5.74) is 5.57. The molecule has 0 saturated heterocycles. The quantitative estimate of drug-likeness (QED) is 0.637. The Morgan fingerprint density at radius 2 is 1.82 bits per heavy atom. The van der Waals surface area contributed by atoms with Gasteiger partial charge in [0.1, 0.15) is 6.61 Å². The van der Waals surface area contributed by atoms with Crippen LogP contribution in [-0.4, -0.2) is 13.0 Å². The Bertz CT molecular complexity index is 1070. The van der Waals surface area contributed by atoms with Crippen LogP contribution in [0.1, 0.15) is 22.3 Å². The van der Waals surface area contributed by atoms with Crippen LogP contribution in [0.2, 0.25) is 0 Å². The van der Waals surface area contributed by atoms with E-state index in [4.69, 9.17) is 9.47 Å². The zero-order valence-electron chi connectivity index (χ0n) is 15.9. The fourth-order valence-corrected chi connectivity index (χ4v) is 3.31. The number of hydrogen-bond donors (Lipinski definition) is 1. The highest BCUT2D eigenvalue weighted by atomic mass is 16.5. The molecule has 1 heterocycles. The minimum atomic E-state index is -0.0973. The summed E-state index contributed by atoms with van der Waals surface area (Å²) in [6.45, 7) is 2.53. The fraction of sp³-hybridized carbons (Fsp3) is 0.125. The third kappa shape index (κ3) is 3.62. The number of fused-ring (bicyclic) bond motifs is 1. The Morgan fingerprint density at radius 3 is 2.64 bits per heavy atom. The van der Waals surface area contributed by atoms with Crippen LogP contribution in [0, 0.1) is 6.92 Å². The molecule has 4 rings (SSSR count). The number of methoxy groups -OCH3 is 1. The van der Waals surface area contributed by atoms with Gasteiger partial charge in [-0.3, -0.25) is 4.79 Å². The SMILES string of the molecule is COc1cc(/C=C2/C(=O)Nc3ccccc32)ccc1OCc1cccc(C)c1. The van der Waals surface area contributed by atoms with E-state index in [0.717, 1.165) is 22.4 Å². The molecule has 1 N–H and O–H groups in total. The number of aryl methyl sites for hydroxylation is 1. The van der Waals surface area contributed by atoms with Crippen LogP contribution in [0.4, 0.5) is 5.69 Å². The number of ether oxygens (including phenoxy) is 2. The predicted octanol–water partition coefficient (Wildman–Crippen LogP) is 5.08. The summed E-state index contributed by atoms with van der Waals surface area (Å²) in [5, 5.41) is 2.89. The highest BCUT2D eigenvalue weighted by Crippen LogP contribution is 2.35. The Kier molecular flexibility index (Phi) is 4.85. The van der Waals surface area contributed by atoms with Crippen molar-refractivity contribution in [3.63, 3.8) is 0 Å². The van der Waals surface area contributed by atoms with E-state index in [1.54, 1.807) is 7.11 Å². The number of nitrogens with one attached hydrogen (secondary N) is 1. The van der Waals surface area contributed by atoms with Gasteiger partial charge in [-0.1, -0.05) is 54.1 Å². The topological polar surface area (TPSA) is 47.6 Å². The maximum atomic E-state index is 12.3. The monoisotopic (exact) mass is 371 g/mol. The second-order valence-corrected chi connectivity index (χ2v) is 6.75. The molecular weight excluding hydrogens is 350 g/mol. The molecule has 3 aromatic carbocycles. The van der Waals surface area contributed by atoms with Gasteiger partial charge in [0.2, 0.25) is 0 Å². The molecule has 1 aliphatic rings. The maximum absolute atomic E-state index is 12.3. The summed E-state index contributed by atoms with van der Waals surface area (Å²) in [6.07, 6.45) is 1.87. The van der Waals surface area contributed by atoms with Crippen molar-refractivity contribution in [3.05, 3.63) is 89.0 Å². The van der Waals surface area contributed by atoms with Crippen molar-refractivity contribution in [1.82, 2.24) is 0 Å². The first kappa shape index (κ1) is 17.9. The number of anilines is 1. The Morgan fingerprint density at radius 1 is 0.964 bits per heavy atom. The van der Waals surface area contributed by atoms with E-state index in [1.807, 2.05) is 60.7 Å². The molecule has 0 aliphatic carbocycles. The molecule has 0 atom stereocenters. The Hall–Kier alpha value is -3.53. The van der Waals surface area contributed by atoms with Crippen molar-refractivity contribution < 1.29 is 14.3 Å². The van der Waals surface area contributed by atoms with Crippen molar-refractivity contribution in [2.24, 2.45) is 0 Å². The molecule has 0 radical (unpaired) electrons. The second kappa shape index (κ2) is 7.61. The molecule has 4 nitrogen and oxygen atoms in total. The summed E-state index contributed by atoms with van der Waals surface area (Å²) >= 11 is 0. The summed E-state index contributed by atoms with van der Waals surface area (Å²) < 4.78 is 11.5. The zero-order chi connectivity index (χ0) is 19.5. The molecule has 28 heavy (non-hydrogen) atoms. The van der Waals surface area contributed by atoms with Gasteiger partial charge in [-0.2, -0.15) is 0 Å². The van der Waals surface area contributed by atoms with E-state index < -0.39 is 0 Å². The van der Waals surface area contributed by atoms with Gasteiger partial charge in [-0.05, 0) is 42.3 Å². The lowest BCUT2D eigenvalue weighted by Gasteiger charge is -2.12. The van der Waals surface area contributed by atoms with Crippen molar-refractivity contribution in [2.75, 3.05) is 12.4 Å². The Balaban J connectivity index is 1.58. The largest absolute Gasteiger partial charge is 0.493 e. The van der Waals surface area contributed by atoms with Gasteiger partial charge in [0.15, 0.2) is 11.5 Å². The van der Waals surface area contributed by atoms with Crippen LogP contribution in [0.15, 0.2) is 66.7 Å². The molecule has 1 amide bonds. The molecule has 0 saturated carbocycles. The number of hydrogen-bond acceptors (Lipinski definition) is 3. The summed E-state index contributed by atoms with van der Waals surface area (Å²) in [5.74, 6) is 1.20. The van der Waals surface area contributed by atoms with E-state index in [9.17, 15) is 4.79 Å². The van der Waals surface area contributed by atoms with Crippen LogP contribution in [0.5, 0.6) is 11.5 Å². The molecule has 3 aromatic rings. The van der Waals surface area contributed by atoms with Gasteiger partial charge in [0.25, 0.3) is 5.91 Å². The predicted molar refractivity (Wildman–Crippen MR) is 111 cm³/mol. The van der Waals surface area contributed by atoms with E-state index in [2.05, 4.69) is 24.4 Å². The second-order valence-electron chi connectivity index (χ2n) is 6.75. The van der Waals surface area contributed by atoms with Gasteiger partial charge >= 0.3 is 0 Å². The molecular formula is C24H21NO3. The highest BCUT2D eigenvalue weighted by molar-refractivity contribution is 6.34. The molecule has 0 bridgehead atoms. The zero-order valence-corrected chi connectivity index (χ0v) is 15.9. The van der Waals surface area contributed by atoms with E-state index in [-0.39, 0.29) is 5.91 Å². The number of amides is 1. The van der Waals surface area contributed by atoms with Gasteiger partial charge < -0.3 is 14.8 Å². The number of carbonyl (C=O) groups is 1. The number of carbonyl (C=O) groups excluding carboxylic acids is 1. The van der Waals surface area contributed by atoms with Crippen molar-refractivity contribution >= 4 is 23.2 Å². The fourth-order valence-electron chi connectivity index (χ4n) is 3.31. The number of rotatable bonds is 5. The summed E-state index contributed by atoms with van der Waals surface area (Å²) in [7, 11) is 1.61. The average Bonchev–Trinajstić information content (AvgIpc) is 3.02. The lowest BCUT2D eigenvalue weighted by Crippen LogP contribution is -2.03. The van der Waals surface area contributed by atoms with E-state index >= 15 is 0 Å². The first-order chi connectivity index (χ1) is 13.6. The van der Waals surface area contributed by atoms with Gasteiger partial charge in [-0.15, -0.1) is 0 Å². The van der Waals surface area contributed by atoms with Crippen LogP contribution in [-0.2, 0) is 11.4 Å². The van der Waals surface area contributed by atoms with Crippen molar-refractivity contribution in [1.29, 1.82) is 0 Å². The molecule has 140 valence electrons. The minimum absolute atomic E-state index is 0.0973. The standard InChI is InChI=1S/C24H21NO3/c1-16-6-5-7-18(12-16)15-28-22-11-10-17(14-23(22)27-2)13-20-19-8-3-4-9-21(19)25-24(20)26/h3-14H,15H2,1-2H3,(H,25,26)/b20-13+. The van der Waals surface area contributed by atoms with Crippen molar-refractivity contribution in [3.8, 4) is 11.5 Å². The average molecular weight is 371 g/mol. The van der Waals surface area contributed by atoms with Crippen LogP contribution in [0.3, 0.4) is 0 Å². The van der Waals surface area contributed by atoms with Gasteiger partial charge in [-0.25, -0.2) is 0 Å². The van der Waals surface area contributed by atoms with Gasteiger partial charge in [0, 0.05) is 16.8 Å². The first-order valence-electron chi connectivity index (χ1n) is 9.13. The van der Waals surface area contributed by atoms with Crippen LogP contribution in [0.25, 0.3) is 11.6 Å². The first-order valence-corrected chi connectivity index (χ1v) is 9.13. The highest BCUT2D eigenvalue weighted by Gasteiger charge is 2.23.